The van der Waals surface area contributed by atoms with Crippen LogP contribution in [0.5, 0.6) is 5.75 Å². The molecule has 28 heavy (non-hydrogen) atoms. The van der Waals surface area contributed by atoms with Crippen molar-refractivity contribution in [3.05, 3.63) is 52.6 Å². The fraction of sp³-hybridized carbons (Fsp3) is 0.300. The van der Waals surface area contributed by atoms with Crippen molar-refractivity contribution in [3.8, 4) is 11.4 Å². The number of nitrogens with zero attached hydrogens (tertiary/aromatic N) is 3. The molecule has 8 heteroatoms. The topological polar surface area (TPSA) is 87.3 Å². The smallest absolute Gasteiger partial charge is 0.271 e. The summed E-state index contributed by atoms with van der Waals surface area (Å²) in [7, 11) is 1.60. The minimum Gasteiger partial charge on any atom is -0.495 e. The third-order valence-electron chi connectivity index (χ3n) is 4.89. The Kier molecular flexibility index (Phi) is 5.04. The average molecular weight is 397 g/mol. The number of Topliss-reactive ketones (excluding diaryl/α,β-unsaturated/α-hetero) is 1. The van der Waals surface area contributed by atoms with Gasteiger partial charge in [0.15, 0.2) is 5.16 Å². The normalized spacial score (nSPS) is 17.0. The number of aromatic nitrogens is 2. The minimum absolute atomic E-state index is 0.0116. The predicted octanol–water partition coefficient (Wildman–Crippen LogP) is 4.55. The molecule has 1 atom stereocenters. The Labute approximate surface area is 165 Å². The van der Waals surface area contributed by atoms with Crippen LogP contribution in [0.3, 0.4) is 0 Å². The largest absolute Gasteiger partial charge is 0.495 e. The zero-order valence-electron chi connectivity index (χ0n) is 15.3. The average Bonchev–Trinajstić information content (AvgIpc) is 3.06. The molecule has 1 aliphatic rings. The lowest BCUT2D eigenvalue weighted by Crippen LogP contribution is -2.21. The Hall–Kier alpha value is -2.87. The van der Waals surface area contributed by atoms with Crippen molar-refractivity contribution in [2.24, 2.45) is 0 Å². The van der Waals surface area contributed by atoms with E-state index in [9.17, 15) is 14.9 Å². The quantitative estimate of drug-likeness (QED) is 0.464. The first-order valence-electron chi connectivity index (χ1n) is 9.08. The molecule has 0 N–H and O–H groups in total. The van der Waals surface area contributed by atoms with Crippen LogP contribution < -0.4 is 4.74 Å². The number of para-hydroxylation sites is 2. The van der Waals surface area contributed by atoms with Crippen molar-refractivity contribution in [1.29, 1.82) is 0 Å². The number of nitro benzene ring substituents is 1. The zero-order chi connectivity index (χ0) is 19.7. The highest BCUT2D eigenvalue weighted by molar-refractivity contribution is 8.00. The summed E-state index contributed by atoms with van der Waals surface area (Å²) in [5.41, 5.74) is 2.03. The highest BCUT2D eigenvalue weighted by Crippen LogP contribution is 2.37. The number of ether oxygens (including phenoxy) is 1. The van der Waals surface area contributed by atoms with Crippen molar-refractivity contribution in [2.75, 3.05) is 7.11 Å². The Morgan fingerprint density at radius 3 is 2.82 bits per heavy atom. The van der Waals surface area contributed by atoms with Crippen LogP contribution in [0.4, 0.5) is 5.69 Å². The highest BCUT2D eigenvalue weighted by Gasteiger charge is 2.27. The molecule has 0 spiro atoms. The van der Waals surface area contributed by atoms with E-state index in [1.165, 1.54) is 23.9 Å². The van der Waals surface area contributed by atoms with Gasteiger partial charge in [-0.25, -0.2) is 4.98 Å². The van der Waals surface area contributed by atoms with Crippen LogP contribution >= 0.6 is 11.8 Å². The van der Waals surface area contributed by atoms with Gasteiger partial charge in [0.2, 0.25) is 0 Å². The molecule has 0 aliphatic heterocycles. The van der Waals surface area contributed by atoms with Crippen molar-refractivity contribution < 1.29 is 14.5 Å². The van der Waals surface area contributed by atoms with Crippen LogP contribution in [0.15, 0.2) is 47.6 Å². The molecular formula is C20H19N3O4S. The summed E-state index contributed by atoms with van der Waals surface area (Å²) >= 11 is 1.43. The summed E-state index contributed by atoms with van der Waals surface area (Å²) < 4.78 is 7.43. The standard InChI is InChI=1S/C20H19N3O4S/c1-27-18-8-4-2-6-16(18)22-15-11-10-13(23(25)26)12-14(15)21-20(22)28-19-9-5-3-7-17(19)24/h2,4,6,8,10-12,19H,3,5,7,9H2,1H3. The van der Waals surface area contributed by atoms with Gasteiger partial charge in [-0.2, -0.15) is 0 Å². The SMILES string of the molecule is COc1ccccc1-n1c(SC2CCCCC2=O)nc2cc([N+](=O)[O-])ccc21. The predicted molar refractivity (Wildman–Crippen MR) is 107 cm³/mol. The summed E-state index contributed by atoms with van der Waals surface area (Å²) in [4.78, 5) is 27.7. The van der Waals surface area contributed by atoms with Gasteiger partial charge in [-0.15, -0.1) is 0 Å². The van der Waals surface area contributed by atoms with E-state index >= 15 is 0 Å². The number of methoxy groups -OCH3 is 1. The van der Waals surface area contributed by atoms with Crippen LogP contribution in [0.2, 0.25) is 0 Å². The molecule has 0 bridgehead atoms. The first kappa shape index (κ1) is 18.5. The second-order valence-electron chi connectivity index (χ2n) is 6.65. The third-order valence-corrected chi connectivity index (χ3v) is 6.16. The number of thioether (sulfide) groups is 1. The maximum atomic E-state index is 12.4. The van der Waals surface area contributed by atoms with Crippen molar-refractivity contribution >= 4 is 34.3 Å². The van der Waals surface area contributed by atoms with Gasteiger partial charge in [-0.05, 0) is 31.0 Å². The van der Waals surface area contributed by atoms with E-state index in [4.69, 9.17) is 4.74 Å². The number of nitro groups is 1. The molecule has 0 radical (unpaired) electrons. The van der Waals surface area contributed by atoms with Crippen LogP contribution in [0, 0.1) is 10.1 Å². The van der Waals surface area contributed by atoms with Gasteiger partial charge in [-0.3, -0.25) is 19.5 Å². The van der Waals surface area contributed by atoms with Crippen LogP contribution in [-0.2, 0) is 4.79 Å². The van der Waals surface area contributed by atoms with Gasteiger partial charge in [0.1, 0.15) is 11.5 Å². The fourth-order valence-corrected chi connectivity index (χ4v) is 4.73. The number of rotatable bonds is 5. The Morgan fingerprint density at radius 1 is 1.25 bits per heavy atom. The lowest BCUT2D eigenvalue weighted by Gasteiger charge is -2.20. The number of hydrogen-bond donors (Lipinski definition) is 0. The molecule has 1 aromatic heterocycles. The molecule has 2 aromatic carbocycles. The maximum absolute atomic E-state index is 12.4. The number of carbonyl (C=O) groups excluding carboxylic acids is 1. The van der Waals surface area contributed by atoms with Crippen molar-refractivity contribution in [1.82, 2.24) is 9.55 Å². The van der Waals surface area contributed by atoms with E-state index in [0.29, 0.717) is 22.8 Å². The summed E-state index contributed by atoms with van der Waals surface area (Å²) in [6.07, 6.45) is 3.37. The summed E-state index contributed by atoms with van der Waals surface area (Å²) in [6.45, 7) is 0. The number of hydrogen-bond acceptors (Lipinski definition) is 6. The Balaban J connectivity index is 1.88. The van der Waals surface area contributed by atoms with Gasteiger partial charge in [0.05, 0.1) is 34.0 Å². The number of carbonyl (C=O) groups is 1. The van der Waals surface area contributed by atoms with Crippen LogP contribution in [0.25, 0.3) is 16.7 Å². The molecule has 1 unspecified atom stereocenters. The van der Waals surface area contributed by atoms with Crippen LogP contribution in [0.1, 0.15) is 25.7 Å². The van der Waals surface area contributed by atoms with Gasteiger partial charge >= 0.3 is 0 Å². The molecule has 144 valence electrons. The Morgan fingerprint density at radius 2 is 2.07 bits per heavy atom. The molecule has 0 amide bonds. The van der Waals surface area contributed by atoms with E-state index in [0.717, 1.165) is 30.5 Å². The number of non-ortho nitro benzene ring substituents is 1. The van der Waals surface area contributed by atoms with E-state index in [1.807, 2.05) is 28.8 Å². The first-order chi connectivity index (χ1) is 13.6. The maximum Gasteiger partial charge on any atom is 0.271 e. The van der Waals surface area contributed by atoms with Crippen molar-refractivity contribution in [3.63, 3.8) is 0 Å². The number of benzene rings is 2. The van der Waals surface area contributed by atoms with Crippen molar-refractivity contribution in [2.45, 2.75) is 36.1 Å². The third kappa shape index (κ3) is 3.35. The molecular weight excluding hydrogens is 378 g/mol. The number of ketones is 1. The lowest BCUT2D eigenvalue weighted by atomic mass is 9.99. The molecule has 1 fully saturated rings. The molecule has 3 aromatic rings. The second kappa shape index (κ2) is 7.63. The van der Waals surface area contributed by atoms with Gasteiger partial charge < -0.3 is 4.74 Å². The lowest BCUT2D eigenvalue weighted by molar-refractivity contribution is -0.384. The second-order valence-corrected chi connectivity index (χ2v) is 7.82. The monoisotopic (exact) mass is 397 g/mol. The van der Waals surface area contributed by atoms with E-state index in [1.54, 1.807) is 13.2 Å². The van der Waals surface area contributed by atoms with E-state index in [-0.39, 0.29) is 16.7 Å². The van der Waals surface area contributed by atoms with Gasteiger partial charge in [0, 0.05) is 18.6 Å². The first-order valence-corrected chi connectivity index (χ1v) is 9.96. The van der Waals surface area contributed by atoms with E-state index < -0.39 is 4.92 Å². The molecule has 1 heterocycles. The molecule has 1 aliphatic carbocycles. The molecule has 7 nitrogen and oxygen atoms in total. The summed E-state index contributed by atoms with van der Waals surface area (Å²) in [5, 5.41) is 11.7. The van der Waals surface area contributed by atoms with Gasteiger partial charge in [0.25, 0.3) is 5.69 Å². The summed E-state index contributed by atoms with van der Waals surface area (Å²) in [6, 6.07) is 12.2. The number of imidazole rings is 1. The van der Waals surface area contributed by atoms with Crippen LogP contribution in [-0.4, -0.2) is 32.6 Å². The minimum atomic E-state index is -0.432. The number of fused-ring (bicyclic) bond motifs is 1. The molecule has 1 saturated carbocycles. The molecule has 4 rings (SSSR count). The summed E-state index contributed by atoms with van der Waals surface area (Å²) in [5.74, 6) is 0.901. The van der Waals surface area contributed by atoms with E-state index in [2.05, 4.69) is 4.98 Å². The molecule has 0 saturated heterocycles. The Bertz CT molecular complexity index is 1060. The van der Waals surface area contributed by atoms with Gasteiger partial charge in [-0.1, -0.05) is 30.3 Å². The highest BCUT2D eigenvalue weighted by atomic mass is 32.2. The fourth-order valence-electron chi connectivity index (χ4n) is 3.49. The zero-order valence-corrected chi connectivity index (χ0v) is 16.1.